The molecule has 0 aliphatic carbocycles. The van der Waals surface area contributed by atoms with Crippen LogP contribution in [-0.4, -0.2) is 41.6 Å². The fourth-order valence-electron chi connectivity index (χ4n) is 3.59. The second-order valence-corrected chi connectivity index (χ2v) is 7.55. The average Bonchev–Trinajstić information content (AvgIpc) is 2.69. The SMILES string of the molecule is CCNC(=NCc1ccc(O)cc1)NC1CCN(Cc2cccc(C)c2)CC1. The van der Waals surface area contributed by atoms with E-state index in [0.29, 0.717) is 12.6 Å². The van der Waals surface area contributed by atoms with Crippen molar-refractivity contribution >= 4 is 5.96 Å². The van der Waals surface area contributed by atoms with Crippen molar-refractivity contribution in [2.24, 2.45) is 4.99 Å². The van der Waals surface area contributed by atoms with Gasteiger partial charge in [0.1, 0.15) is 5.75 Å². The summed E-state index contributed by atoms with van der Waals surface area (Å²) < 4.78 is 0. The normalized spacial score (nSPS) is 16.1. The fraction of sp³-hybridized carbons (Fsp3) is 0.435. The number of aromatic hydroxyl groups is 1. The number of nitrogens with zero attached hydrogens (tertiary/aromatic N) is 2. The van der Waals surface area contributed by atoms with Gasteiger partial charge in [-0.05, 0) is 49.9 Å². The molecule has 3 rings (SSSR count). The first-order chi connectivity index (χ1) is 13.6. The van der Waals surface area contributed by atoms with Crippen molar-refractivity contribution in [3.8, 4) is 5.75 Å². The molecule has 1 saturated heterocycles. The van der Waals surface area contributed by atoms with Crippen LogP contribution in [0.3, 0.4) is 0 Å². The Hall–Kier alpha value is -2.53. The third-order valence-electron chi connectivity index (χ3n) is 5.12. The van der Waals surface area contributed by atoms with E-state index in [2.05, 4.69) is 53.6 Å². The van der Waals surface area contributed by atoms with Gasteiger partial charge in [0.25, 0.3) is 0 Å². The van der Waals surface area contributed by atoms with Crippen LogP contribution in [0, 0.1) is 6.92 Å². The molecule has 2 aromatic rings. The summed E-state index contributed by atoms with van der Waals surface area (Å²) in [5.74, 6) is 1.16. The Morgan fingerprint density at radius 3 is 2.54 bits per heavy atom. The molecule has 5 heteroatoms. The van der Waals surface area contributed by atoms with Gasteiger partial charge in [-0.3, -0.25) is 4.90 Å². The maximum absolute atomic E-state index is 9.40. The summed E-state index contributed by atoms with van der Waals surface area (Å²) in [6.45, 7) is 8.91. The second kappa shape index (κ2) is 10.1. The molecule has 1 heterocycles. The van der Waals surface area contributed by atoms with Crippen molar-refractivity contribution in [3.05, 3.63) is 65.2 Å². The molecular weight excluding hydrogens is 348 g/mol. The smallest absolute Gasteiger partial charge is 0.191 e. The van der Waals surface area contributed by atoms with E-state index >= 15 is 0 Å². The van der Waals surface area contributed by atoms with Crippen molar-refractivity contribution < 1.29 is 5.11 Å². The van der Waals surface area contributed by atoms with Crippen LogP contribution in [0.2, 0.25) is 0 Å². The first kappa shape index (κ1) is 20.2. The summed E-state index contributed by atoms with van der Waals surface area (Å²) in [4.78, 5) is 7.24. The van der Waals surface area contributed by atoms with Crippen LogP contribution >= 0.6 is 0 Å². The number of nitrogens with one attached hydrogen (secondary N) is 2. The molecule has 3 N–H and O–H groups in total. The Morgan fingerprint density at radius 1 is 1.11 bits per heavy atom. The van der Waals surface area contributed by atoms with Crippen LogP contribution < -0.4 is 10.6 Å². The van der Waals surface area contributed by atoms with Gasteiger partial charge >= 0.3 is 0 Å². The highest BCUT2D eigenvalue weighted by atomic mass is 16.3. The molecule has 1 fully saturated rings. The van der Waals surface area contributed by atoms with Crippen LogP contribution in [0.25, 0.3) is 0 Å². The number of rotatable bonds is 6. The number of hydrogen-bond acceptors (Lipinski definition) is 3. The average molecular weight is 381 g/mol. The number of benzene rings is 2. The summed E-state index contributed by atoms with van der Waals surface area (Å²) in [7, 11) is 0. The molecule has 1 aliphatic heterocycles. The van der Waals surface area contributed by atoms with E-state index in [1.54, 1.807) is 12.1 Å². The van der Waals surface area contributed by atoms with E-state index < -0.39 is 0 Å². The highest BCUT2D eigenvalue weighted by molar-refractivity contribution is 5.80. The number of phenolic OH excluding ortho intramolecular Hbond substituents is 1. The number of phenols is 1. The van der Waals surface area contributed by atoms with Gasteiger partial charge in [-0.1, -0.05) is 42.0 Å². The van der Waals surface area contributed by atoms with Crippen molar-refractivity contribution in [2.45, 2.75) is 45.8 Å². The maximum atomic E-state index is 9.40. The van der Waals surface area contributed by atoms with Gasteiger partial charge in [0.2, 0.25) is 0 Å². The molecule has 5 nitrogen and oxygen atoms in total. The van der Waals surface area contributed by atoms with E-state index in [-0.39, 0.29) is 5.75 Å². The zero-order valence-electron chi connectivity index (χ0n) is 17.0. The van der Waals surface area contributed by atoms with Crippen LogP contribution in [0.5, 0.6) is 5.75 Å². The molecule has 2 aromatic carbocycles. The van der Waals surface area contributed by atoms with Crippen molar-refractivity contribution in [1.29, 1.82) is 0 Å². The number of hydrogen-bond donors (Lipinski definition) is 3. The quantitative estimate of drug-likeness (QED) is 0.531. The predicted molar refractivity (Wildman–Crippen MR) is 116 cm³/mol. The lowest BCUT2D eigenvalue weighted by Gasteiger charge is -2.33. The van der Waals surface area contributed by atoms with E-state index in [4.69, 9.17) is 4.99 Å². The lowest BCUT2D eigenvalue weighted by Crippen LogP contribution is -2.48. The topological polar surface area (TPSA) is 59.9 Å². The van der Waals surface area contributed by atoms with Crippen molar-refractivity contribution in [3.63, 3.8) is 0 Å². The van der Waals surface area contributed by atoms with E-state index in [1.165, 1.54) is 11.1 Å². The van der Waals surface area contributed by atoms with Gasteiger partial charge < -0.3 is 15.7 Å². The van der Waals surface area contributed by atoms with Crippen LogP contribution in [0.15, 0.2) is 53.5 Å². The summed E-state index contributed by atoms with van der Waals surface area (Å²) in [6, 6.07) is 16.5. The second-order valence-electron chi connectivity index (χ2n) is 7.55. The number of likely N-dealkylation sites (tertiary alicyclic amines) is 1. The Labute approximate surface area is 168 Å². The number of guanidine groups is 1. The molecule has 0 aromatic heterocycles. The molecule has 150 valence electrons. The predicted octanol–water partition coefficient (Wildman–Crippen LogP) is 3.42. The van der Waals surface area contributed by atoms with Gasteiger partial charge in [-0.25, -0.2) is 4.99 Å². The minimum absolute atomic E-state index is 0.287. The van der Waals surface area contributed by atoms with E-state index in [0.717, 1.165) is 50.5 Å². The molecule has 0 bridgehead atoms. The van der Waals surface area contributed by atoms with Gasteiger partial charge in [0.05, 0.1) is 6.54 Å². The lowest BCUT2D eigenvalue weighted by molar-refractivity contribution is 0.198. The Kier molecular flexibility index (Phi) is 7.31. The standard InChI is InChI=1S/C23H32N4O/c1-3-24-23(25-16-19-7-9-22(28)10-8-19)26-21-11-13-27(14-12-21)17-20-6-4-5-18(2)15-20/h4-10,15,21,28H,3,11-14,16-17H2,1-2H3,(H2,24,25,26). The zero-order chi connectivity index (χ0) is 19.8. The molecule has 0 saturated carbocycles. The largest absolute Gasteiger partial charge is 0.508 e. The van der Waals surface area contributed by atoms with Crippen molar-refractivity contribution in [1.82, 2.24) is 15.5 Å². The van der Waals surface area contributed by atoms with Gasteiger partial charge in [-0.15, -0.1) is 0 Å². The number of aliphatic imine (C=N–C) groups is 1. The molecule has 0 radical (unpaired) electrons. The Balaban J connectivity index is 1.49. The number of piperidine rings is 1. The zero-order valence-corrected chi connectivity index (χ0v) is 17.0. The maximum Gasteiger partial charge on any atom is 0.191 e. The molecule has 0 atom stereocenters. The first-order valence-corrected chi connectivity index (χ1v) is 10.2. The van der Waals surface area contributed by atoms with Crippen LogP contribution in [-0.2, 0) is 13.1 Å². The minimum Gasteiger partial charge on any atom is -0.508 e. The lowest BCUT2D eigenvalue weighted by atomic mass is 10.0. The molecule has 0 amide bonds. The van der Waals surface area contributed by atoms with Crippen LogP contribution in [0.4, 0.5) is 0 Å². The van der Waals surface area contributed by atoms with Gasteiger partial charge in [-0.2, -0.15) is 0 Å². The van der Waals surface area contributed by atoms with Gasteiger partial charge in [0, 0.05) is 32.2 Å². The number of aryl methyl sites for hydroxylation is 1. The van der Waals surface area contributed by atoms with E-state index in [9.17, 15) is 5.11 Å². The Morgan fingerprint density at radius 2 is 1.86 bits per heavy atom. The van der Waals surface area contributed by atoms with Gasteiger partial charge in [0.15, 0.2) is 5.96 Å². The Bertz CT molecular complexity index is 764. The third-order valence-corrected chi connectivity index (χ3v) is 5.12. The van der Waals surface area contributed by atoms with E-state index in [1.807, 2.05) is 12.1 Å². The minimum atomic E-state index is 0.287. The molecule has 28 heavy (non-hydrogen) atoms. The first-order valence-electron chi connectivity index (χ1n) is 10.2. The highest BCUT2D eigenvalue weighted by Crippen LogP contribution is 2.15. The van der Waals surface area contributed by atoms with Crippen LogP contribution in [0.1, 0.15) is 36.5 Å². The summed E-state index contributed by atoms with van der Waals surface area (Å²) in [5, 5.41) is 16.3. The third kappa shape index (κ3) is 6.27. The monoisotopic (exact) mass is 380 g/mol. The summed E-state index contributed by atoms with van der Waals surface area (Å²) in [6.07, 6.45) is 2.24. The van der Waals surface area contributed by atoms with Crippen molar-refractivity contribution in [2.75, 3.05) is 19.6 Å². The molecule has 0 unspecified atom stereocenters. The summed E-state index contributed by atoms with van der Waals surface area (Å²) >= 11 is 0. The molecular formula is C23H32N4O. The highest BCUT2D eigenvalue weighted by Gasteiger charge is 2.20. The summed E-state index contributed by atoms with van der Waals surface area (Å²) in [5.41, 5.74) is 3.81. The molecule has 1 aliphatic rings. The molecule has 0 spiro atoms. The fourth-order valence-corrected chi connectivity index (χ4v) is 3.59.